The molecule has 0 aliphatic carbocycles. The molecule has 0 saturated carbocycles. The molecule has 0 spiro atoms. The van der Waals surface area contributed by atoms with E-state index in [1.165, 1.54) is 32.3 Å². The normalized spacial score (nSPS) is 11.9. The highest BCUT2D eigenvalue weighted by molar-refractivity contribution is 6.24. The predicted molar refractivity (Wildman–Crippen MR) is 230 cm³/mol. The van der Waals surface area contributed by atoms with E-state index >= 15 is 0 Å². The highest BCUT2D eigenvalue weighted by Crippen LogP contribution is 2.44. The molecule has 12 rings (SSSR count). The average molecular weight is 715 g/mol. The zero-order chi connectivity index (χ0) is 36.7. The minimum Gasteiger partial charge on any atom is -0.454 e. The number of fused-ring (bicyclic) bond motifs is 10. The molecule has 3 aromatic heterocycles. The Morgan fingerprint density at radius 3 is 1.82 bits per heavy atom. The predicted octanol–water partition coefficient (Wildman–Crippen LogP) is 13.3. The van der Waals surface area contributed by atoms with E-state index in [-0.39, 0.29) is 0 Å². The lowest BCUT2D eigenvalue weighted by Gasteiger charge is -2.13. The lowest BCUT2D eigenvalue weighted by atomic mass is 10.0. The molecule has 12 aromatic rings. The van der Waals surface area contributed by atoms with Gasteiger partial charge >= 0.3 is 0 Å². The summed E-state index contributed by atoms with van der Waals surface area (Å²) in [6.07, 6.45) is 0. The summed E-state index contributed by atoms with van der Waals surface area (Å²) < 4.78 is 9.32. The number of rotatable bonds is 4. The van der Waals surface area contributed by atoms with Crippen molar-refractivity contribution in [2.75, 3.05) is 0 Å². The van der Waals surface area contributed by atoms with E-state index in [0.29, 0.717) is 17.5 Å². The first-order chi connectivity index (χ1) is 27.8. The highest BCUT2D eigenvalue weighted by Gasteiger charge is 2.24. The SMILES string of the molecule is c1ccc(-c2nc(-c3cccc4ccccc34)nc(-c3ccc(-n4c5cc6ccccc6cc5c5c6ccccc6ccc54)c4oc5ccccc5c34)n2)cc1. The molecule has 0 N–H and O–H groups in total. The minimum atomic E-state index is 0.587. The van der Waals surface area contributed by atoms with Crippen molar-refractivity contribution in [3.8, 4) is 39.9 Å². The molecule has 0 bridgehead atoms. The molecule has 0 radical (unpaired) electrons. The Kier molecular flexibility index (Phi) is 6.56. The smallest absolute Gasteiger partial charge is 0.164 e. The lowest BCUT2D eigenvalue weighted by molar-refractivity contribution is 0.666. The van der Waals surface area contributed by atoms with Crippen LogP contribution >= 0.6 is 0 Å². The Balaban J connectivity index is 1.18. The van der Waals surface area contributed by atoms with Gasteiger partial charge in [-0.05, 0) is 68.7 Å². The molecule has 0 atom stereocenters. The maximum Gasteiger partial charge on any atom is 0.164 e. The van der Waals surface area contributed by atoms with Crippen molar-refractivity contribution in [2.45, 2.75) is 0 Å². The van der Waals surface area contributed by atoms with Gasteiger partial charge in [0.05, 0.1) is 16.7 Å². The van der Waals surface area contributed by atoms with Gasteiger partial charge in [0.1, 0.15) is 5.58 Å². The van der Waals surface area contributed by atoms with Gasteiger partial charge in [0, 0.05) is 38.2 Å². The summed E-state index contributed by atoms with van der Waals surface area (Å²) in [6.45, 7) is 0. The second-order valence-corrected chi connectivity index (χ2v) is 14.4. The van der Waals surface area contributed by atoms with Crippen LogP contribution in [-0.4, -0.2) is 19.5 Å². The van der Waals surface area contributed by atoms with Crippen LogP contribution in [0.1, 0.15) is 0 Å². The third kappa shape index (κ3) is 4.58. The van der Waals surface area contributed by atoms with Gasteiger partial charge < -0.3 is 8.98 Å². The Morgan fingerprint density at radius 1 is 0.375 bits per heavy atom. The van der Waals surface area contributed by atoms with Gasteiger partial charge in [0.2, 0.25) is 0 Å². The average Bonchev–Trinajstić information content (AvgIpc) is 3.81. The molecule has 260 valence electrons. The summed E-state index contributed by atoms with van der Waals surface area (Å²) >= 11 is 0. The van der Waals surface area contributed by atoms with E-state index in [0.717, 1.165) is 66.1 Å². The molecule has 9 aromatic carbocycles. The van der Waals surface area contributed by atoms with Crippen LogP contribution in [0.15, 0.2) is 186 Å². The third-order valence-electron chi connectivity index (χ3n) is 11.2. The Labute approximate surface area is 320 Å². The number of aromatic nitrogens is 4. The second-order valence-electron chi connectivity index (χ2n) is 14.4. The fourth-order valence-electron chi connectivity index (χ4n) is 8.66. The van der Waals surface area contributed by atoms with E-state index in [1.807, 2.05) is 42.5 Å². The fourth-order valence-corrected chi connectivity index (χ4v) is 8.66. The van der Waals surface area contributed by atoms with E-state index in [1.54, 1.807) is 0 Å². The summed E-state index contributed by atoms with van der Waals surface area (Å²) in [6, 6.07) is 63.8. The van der Waals surface area contributed by atoms with Crippen LogP contribution in [-0.2, 0) is 0 Å². The van der Waals surface area contributed by atoms with Crippen molar-refractivity contribution in [1.29, 1.82) is 0 Å². The molecule has 0 amide bonds. The van der Waals surface area contributed by atoms with Crippen molar-refractivity contribution >= 4 is 76.1 Å². The molecule has 5 heteroatoms. The number of nitrogens with zero attached hydrogens (tertiary/aromatic N) is 4. The Morgan fingerprint density at radius 2 is 1.00 bits per heavy atom. The summed E-state index contributed by atoms with van der Waals surface area (Å²) in [7, 11) is 0. The first kappa shape index (κ1) is 30.8. The van der Waals surface area contributed by atoms with Crippen LogP contribution in [0, 0.1) is 0 Å². The second kappa shape index (κ2) is 11.9. The Hall–Kier alpha value is -7.63. The van der Waals surface area contributed by atoms with Crippen molar-refractivity contribution in [3.63, 3.8) is 0 Å². The highest BCUT2D eigenvalue weighted by atomic mass is 16.3. The quantitative estimate of drug-likeness (QED) is 0.182. The first-order valence-corrected chi connectivity index (χ1v) is 18.9. The van der Waals surface area contributed by atoms with Gasteiger partial charge in [-0.2, -0.15) is 0 Å². The monoisotopic (exact) mass is 714 g/mol. The van der Waals surface area contributed by atoms with E-state index in [4.69, 9.17) is 19.4 Å². The number of furan rings is 1. The molecule has 0 fully saturated rings. The molecular formula is C51H30N4O. The Bertz CT molecular complexity index is 3540. The summed E-state index contributed by atoms with van der Waals surface area (Å²) in [4.78, 5) is 15.6. The standard InChI is InChI=1S/C51H30N4O/c1-2-15-33(16-3-1)49-52-50(38-23-12-19-31-13-6-8-20-36(31)38)54-51(53-49)40-26-28-43(48-47(40)39-22-10-11-24-45(39)56-48)55-42-27-25-32-14-7-9-21-37(32)46(42)41-29-34-17-4-5-18-35(34)30-44(41)55/h1-30H. The number of hydrogen-bond donors (Lipinski definition) is 0. The van der Waals surface area contributed by atoms with Crippen LogP contribution in [0.5, 0.6) is 0 Å². The van der Waals surface area contributed by atoms with Crippen LogP contribution in [0.2, 0.25) is 0 Å². The van der Waals surface area contributed by atoms with E-state index in [2.05, 4.69) is 144 Å². The van der Waals surface area contributed by atoms with Gasteiger partial charge in [-0.1, -0.05) is 146 Å². The number of para-hydroxylation sites is 1. The van der Waals surface area contributed by atoms with Crippen molar-refractivity contribution in [2.24, 2.45) is 0 Å². The van der Waals surface area contributed by atoms with Crippen molar-refractivity contribution in [1.82, 2.24) is 19.5 Å². The number of benzene rings is 9. The molecule has 0 aliphatic heterocycles. The zero-order valence-corrected chi connectivity index (χ0v) is 30.0. The van der Waals surface area contributed by atoms with E-state index < -0.39 is 0 Å². The summed E-state index contributed by atoms with van der Waals surface area (Å²) in [5, 5.41) is 11.4. The summed E-state index contributed by atoms with van der Waals surface area (Å²) in [5.41, 5.74) is 7.54. The van der Waals surface area contributed by atoms with Crippen molar-refractivity contribution < 1.29 is 4.42 Å². The van der Waals surface area contributed by atoms with Gasteiger partial charge in [-0.15, -0.1) is 0 Å². The van der Waals surface area contributed by atoms with Crippen LogP contribution in [0.25, 0.3) is 116 Å². The lowest BCUT2D eigenvalue weighted by Crippen LogP contribution is -2.01. The minimum absolute atomic E-state index is 0.587. The molecule has 3 heterocycles. The molecule has 0 saturated heterocycles. The topological polar surface area (TPSA) is 56.7 Å². The maximum atomic E-state index is 6.94. The molecule has 0 unspecified atom stereocenters. The van der Waals surface area contributed by atoms with Gasteiger partial charge in [0.15, 0.2) is 23.1 Å². The maximum absolute atomic E-state index is 6.94. The van der Waals surface area contributed by atoms with Crippen LogP contribution in [0.3, 0.4) is 0 Å². The van der Waals surface area contributed by atoms with Gasteiger partial charge in [-0.25, -0.2) is 15.0 Å². The fraction of sp³-hybridized carbons (Fsp3) is 0. The van der Waals surface area contributed by atoms with Crippen molar-refractivity contribution in [3.05, 3.63) is 182 Å². The van der Waals surface area contributed by atoms with Gasteiger partial charge in [0.25, 0.3) is 0 Å². The third-order valence-corrected chi connectivity index (χ3v) is 11.2. The van der Waals surface area contributed by atoms with Gasteiger partial charge in [-0.3, -0.25) is 0 Å². The zero-order valence-electron chi connectivity index (χ0n) is 30.0. The number of hydrogen-bond acceptors (Lipinski definition) is 4. The largest absolute Gasteiger partial charge is 0.454 e. The van der Waals surface area contributed by atoms with Crippen LogP contribution in [0.4, 0.5) is 0 Å². The first-order valence-electron chi connectivity index (χ1n) is 18.9. The summed E-state index contributed by atoms with van der Waals surface area (Å²) in [5.74, 6) is 1.82. The molecule has 5 nitrogen and oxygen atoms in total. The van der Waals surface area contributed by atoms with E-state index in [9.17, 15) is 0 Å². The molecular weight excluding hydrogens is 685 g/mol. The van der Waals surface area contributed by atoms with Crippen LogP contribution < -0.4 is 0 Å². The molecule has 0 aliphatic rings. The molecule has 56 heavy (non-hydrogen) atoms.